The first kappa shape index (κ1) is 11.9. The second-order valence-electron chi connectivity index (χ2n) is 4.77. The lowest BCUT2D eigenvalue weighted by atomic mass is 10.1. The molecule has 0 radical (unpaired) electrons. The summed E-state index contributed by atoms with van der Waals surface area (Å²) in [5, 5.41) is 4.50. The molecule has 16 heavy (non-hydrogen) atoms. The van der Waals surface area contributed by atoms with Gasteiger partial charge in [0, 0.05) is 11.1 Å². The molecule has 2 heteroatoms. The maximum absolute atomic E-state index is 6.00. The largest absolute Gasteiger partial charge is 0.314 e. The van der Waals surface area contributed by atoms with Gasteiger partial charge in [-0.2, -0.15) is 0 Å². The molecule has 1 N–H and O–H groups in total. The van der Waals surface area contributed by atoms with E-state index in [-0.39, 0.29) is 0 Å². The number of nitrogens with one attached hydrogen (secondary N) is 1. The third-order valence-corrected chi connectivity index (χ3v) is 3.85. The average molecular weight is 238 g/mol. The van der Waals surface area contributed by atoms with Crippen LogP contribution in [-0.4, -0.2) is 12.6 Å². The third-order valence-electron chi connectivity index (χ3n) is 3.42. The van der Waals surface area contributed by atoms with E-state index in [1.54, 1.807) is 0 Å². The monoisotopic (exact) mass is 237 g/mol. The molecule has 0 bridgehead atoms. The van der Waals surface area contributed by atoms with Crippen LogP contribution >= 0.6 is 11.6 Å². The summed E-state index contributed by atoms with van der Waals surface area (Å²) in [6.45, 7) is 3.15. The highest BCUT2D eigenvalue weighted by molar-refractivity contribution is 6.31. The Morgan fingerprint density at radius 2 is 2.06 bits per heavy atom. The Morgan fingerprint density at radius 1 is 1.31 bits per heavy atom. The van der Waals surface area contributed by atoms with Crippen molar-refractivity contribution in [2.45, 2.75) is 45.1 Å². The van der Waals surface area contributed by atoms with Gasteiger partial charge in [0.05, 0.1) is 0 Å². The topological polar surface area (TPSA) is 12.0 Å². The molecule has 0 aliphatic heterocycles. The maximum Gasteiger partial charge on any atom is 0.0435 e. The second-order valence-corrected chi connectivity index (χ2v) is 5.18. The molecule has 0 unspecified atom stereocenters. The summed E-state index contributed by atoms with van der Waals surface area (Å²) in [6.07, 6.45) is 6.63. The van der Waals surface area contributed by atoms with Crippen LogP contribution in [0.25, 0.3) is 0 Å². The Labute approximate surface area is 103 Å². The Balaban J connectivity index is 1.78. The van der Waals surface area contributed by atoms with Crippen LogP contribution in [0.1, 0.15) is 36.8 Å². The van der Waals surface area contributed by atoms with Crippen LogP contribution in [0.15, 0.2) is 18.2 Å². The summed E-state index contributed by atoms with van der Waals surface area (Å²) in [7, 11) is 0. The van der Waals surface area contributed by atoms with Crippen molar-refractivity contribution < 1.29 is 0 Å². The summed E-state index contributed by atoms with van der Waals surface area (Å²) in [5.41, 5.74) is 2.56. The minimum absolute atomic E-state index is 0.772. The molecular formula is C14H20ClN. The van der Waals surface area contributed by atoms with Gasteiger partial charge in [-0.3, -0.25) is 0 Å². The fraction of sp³-hybridized carbons (Fsp3) is 0.571. The molecule has 0 atom stereocenters. The molecule has 0 amide bonds. The van der Waals surface area contributed by atoms with Gasteiger partial charge < -0.3 is 5.32 Å². The van der Waals surface area contributed by atoms with Gasteiger partial charge in [-0.1, -0.05) is 36.6 Å². The van der Waals surface area contributed by atoms with Gasteiger partial charge in [0.2, 0.25) is 0 Å². The second kappa shape index (κ2) is 5.70. The number of aryl methyl sites for hydroxylation is 1. The molecule has 1 fully saturated rings. The minimum Gasteiger partial charge on any atom is -0.314 e. The highest BCUT2D eigenvalue weighted by atomic mass is 35.5. The number of rotatable bonds is 4. The van der Waals surface area contributed by atoms with E-state index in [0.717, 1.165) is 24.0 Å². The van der Waals surface area contributed by atoms with Gasteiger partial charge in [0.15, 0.2) is 0 Å². The molecule has 88 valence electrons. The first-order chi connectivity index (χ1) is 7.75. The van der Waals surface area contributed by atoms with Crippen molar-refractivity contribution in [1.29, 1.82) is 0 Å². The lowest BCUT2D eigenvalue weighted by Crippen LogP contribution is -2.27. The van der Waals surface area contributed by atoms with Gasteiger partial charge >= 0.3 is 0 Å². The molecule has 0 spiro atoms. The zero-order valence-electron chi connectivity index (χ0n) is 9.93. The highest BCUT2D eigenvalue weighted by Gasteiger charge is 2.13. The molecule has 0 saturated heterocycles. The minimum atomic E-state index is 0.772. The molecule has 1 aliphatic carbocycles. The van der Waals surface area contributed by atoms with Crippen molar-refractivity contribution >= 4 is 11.6 Å². The zero-order chi connectivity index (χ0) is 11.4. The maximum atomic E-state index is 6.00. The molecule has 1 aromatic rings. The smallest absolute Gasteiger partial charge is 0.0435 e. The molecule has 0 heterocycles. The molecule has 1 nitrogen and oxygen atoms in total. The quantitative estimate of drug-likeness (QED) is 0.842. The summed E-state index contributed by atoms with van der Waals surface area (Å²) in [4.78, 5) is 0. The van der Waals surface area contributed by atoms with E-state index in [2.05, 4.69) is 24.4 Å². The predicted octanol–water partition coefficient (Wildman–Crippen LogP) is 3.72. The van der Waals surface area contributed by atoms with Crippen LogP contribution in [-0.2, 0) is 6.42 Å². The zero-order valence-corrected chi connectivity index (χ0v) is 10.7. The normalized spacial score (nSPS) is 16.9. The SMILES string of the molecule is Cc1cc(CCNC2CCCC2)ccc1Cl. The fourth-order valence-corrected chi connectivity index (χ4v) is 2.53. The third kappa shape index (κ3) is 3.23. The van der Waals surface area contributed by atoms with Gasteiger partial charge in [0.25, 0.3) is 0 Å². The summed E-state index contributed by atoms with van der Waals surface area (Å²) in [6, 6.07) is 7.10. The molecule has 1 saturated carbocycles. The number of halogens is 1. The van der Waals surface area contributed by atoms with Gasteiger partial charge in [-0.05, 0) is 49.9 Å². The van der Waals surface area contributed by atoms with E-state index in [1.165, 1.54) is 36.8 Å². The first-order valence-electron chi connectivity index (χ1n) is 6.24. The average Bonchev–Trinajstić information content (AvgIpc) is 2.76. The van der Waals surface area contributed by atoms with Crippen LogP contribution in [0.5, 0.6) is 0 Å². The van der Waals surface area contributed by atoms with E-state index in [4.69, 9.17) is 11.6 Å². The van der Waals surface area contributed by atoms with Crippen LogP contribution in [0.3, 0.4) is 0 Å². The lowest BCUT2D eigenvalue weighted by molar-refractivity contribution is 0.528. The summed E-state index contributed by atoms with van der Waals surface area (Å²) >= 11 is 6.00. The van der Waals surface area contributed by atoms with E-state index in [1.807, 2.05) is 6.07 Å². The van der Waals surface area contributed by atoms with Crippen molar-refractivity contribution in [3.8, 4) is 0 Å². The van der Waals surface area contributed by atoms with Crippen molar-refractivity contribution in [1.82, 2.24) is 5.32 Å². The first-order valence-corrected chi connectivity index (χ1v) is 6.62. The van der Waals surface area contributed by atoms with Crippen molar-refractivity contribution in [2.24, 2.45) is 0 Å². The lowest BCUT2D eigenvalue weighted by Gasteiger charge is -2.11. The highest BCUT2D eigenvalue weighted by Crippen LogP contribution is 2.18. The van der Waals surface area contributed by atoms with Crippen LogP contribution in [0.4, 0.5) is 0 Å². The Kier molecular flexibility index (Phi) is 4.25. The van der Waals surface area contributed by atoms with Crippen LogP contribution < -0.4 is 5.32 Å². The van der Waals surface area contributed by atoms with Crippen molar-refractivity contribution in [2.75, 3.05) is 6.54 Å². The fourth-order valence-electron chi connectivity index (χ4n) is 2.41. The molecule has 0 aromatic heterocycles. The summed E-state index contributed by atoms with van der Waals surface area (Å²) in [5.74, 6) is 0. The van der Waals surface area contributed by atoms with E-state index in [0.29, 0.717) is 0 Å². The van der Waals surface area contributed by atoms with E-state index >= 15 is 0 Å². The van der Waals surface area contributed by atoms with Crippen LogP contribution in [0.2, 0.25) is 5.02 Å². The Morgan fingerprint density at radius 3 is 2.75 bits per heavy atom. The van der Waals surface area contributed by atoms with Crippen molar-refractivity contribution in [3.63, 3.8) is 0 Å². The van der Waals surface area contributed by atoms with E-state index in [9.17, 15) is 0 Å². The van der Waals surface area contributed by atoms with Crippen molar-refractivity contribution in [3.05, 3.63) is 34.3 Å². The van der Waals surface area contributed by atoms with Gasteiger partial charge in [0.1, 0.15) is 0 Å². The predicted molar refractivity (Wildman–Crippen MR) is 70.2 cm³/mol. The van der Waals surface area contributed by atoms with E-state index < -0.39 is 0 Å². The Bertz CT molecular complexity index is 343. The van der Waals surface area contributed by atoms with Crippen LogP contribution in [0, 0.1) is 6.92 Å². The number of benzene rings is 1. The number of hydrogen-bond acceptors (Lipinski definition) is 1. The van der Waals surface area contributed by atoms with Gasteiger partial charge in [-0.15, -0.1) is 0 Å². The van der Waals surface area contributed by atoms with Gasteiger partial charge in [-0.25, -0.2) is 0 Å². The molecular weight excluding hydrogens is 218 g/mol. The molecule has 1 aromatic carbocycles. The molecule has 2 rings (SSSR count). The Hall–Kier alpha value is -0.530. The summed E-state index contributed by atoms with van der Waals surface area (Å²) < 4.78 is 0. The number of hydrogen-bond donors (Lipinski definition) is 1. The molecule has 1 aliphatic rings. The standard InChI is InChI=1S/C14H20ClN/c1-11-10-12(6-7-14(11)15)8-9-16-13-4-2-3-5-13/h6-7,10,13,16H,2-5,8-9H2,1H3.